The van der Waals surface area contributed by atoms with Crippen LogP contribution in [0.15, 0.2) is 24.8 Å². The number of aliphatic hydroxyl groups is 1. The standard InChI is InChI=1S/C31H43BN2O6/c1-6-29(4)12-24(40-25(36)14-34-19-10-18(13-33)20-15-39-32(38)22(20)11-19)30(5)16(2)9-21-26-23(35)7-8-31(21,27(26)30)17(3)28(29)37/h6,10-11,16-17,21,24,26-28,34,37-38H,1,7-9,12-15,33H2,2-5H3/t16-,17+,21+,24-,26?,27+,28+,29-,30+,31+/m1/s1. The first-order valence-corrected chi connectivity index (χ1v) is 14.9. The molecule has 1 aromatic carbocycles. The largest absolute Gasteiger partial charge is 0.491 e. The summed E-state index contributed by atoms with van der Waals surface area (Å²) in [5, 5.41) is 25.1. The van der Waals surface area contributed by atoms with Gasteiger partial charge in [0.2, 0.25) is 0 Å². The summed E-state index contributed by atoms with van der Waals surface area (Å²) in [5.74, 6) is 0.603. The molecule has 5 bridgehead atoms. The molecule has 216 valence electrons. The molecule has 1 heterocycles. The molecule has 9 heteroatoms. The zero-order chi connectivity index (χ0) is 28.8. The van der Waals surface area contributed by atoms with Gasteiger partial charge in [-0.2, -0.15) is 0 Å². The van der Waals surface area contributed by atoms with Crippen molar-refractivity contribution in [3.8, 4) is 0 Å². The van der Waals surface area contributed by atoms with E-state index >= 15 is 0 Å². The summed E-state index contributed by atoms with van der Waals surface area (Å²) >= 11 is 0. The van der Waals surface area contributed by atoms with Crippen molar-refractivity contribution in [3.63, 3.8) is 0 Å². The fourth-order valence-electron chi connectivity index (χ4n) is 9.95. The minimum absolute atomic E-state index is 0.00763. The van der Waals surface area contributed by atoms with E-state index in [9.17, 15) is 19.7 Å². The summed E-state index contributed by atoms with van der Waals surface area (Å²) in [4.78, 5) is 26.7. The van der Waals surface area contributed by atoms with Crippen LogP contribution in [0.5, 0.6) is 0 Å². The summed E-state index contributed by atoms with van der Waals surface area (Å²) in [6, 6.07) is 3.67. The van der Waals surface area contributed by atoms with E-state index in [1.54, 1.807) is 6.07 Å². The van der Waals surface area contributed by atoms with Gasteiger partial charge in [-0.25, -0.2) is 0 Å². The van der Waals surface area contributed by atoms with Crippen LogP contribution < -0.4 is 16.5 Å². The summed E-state index contributed by atoms with van der Waals surface area (Å²) in [5.41, 5.74) is 7.85. The van der Waals surface area contributed by atoms with E-state index in [-0.39, 0.29) is 41.5 Å². The Kier molecular flexibility index (Phi) is 6.58. The number of Topliss-reactive ketones (excluding diaryl/α,β-unsaturated/α-hetero) is 1. The van der Waals surface area contributed by atoms with Gasteiger partial charge in [-0.3, -0.25) is 9.59 Å². The molecule has 7 rings (SSSR count). The SMILES string of the molecule is C=C[C@]1(C)C[C@@H](OC(=O)CNc2cc(CN)c3c(c2)B(O)OC3)[C@]2(C)[C@H](C)C[C@H]3C4C(=O)CC[C@@]3([C@@H](C)[C@@H]1O)[C@@H]42. The minimum atomic E-state index is -1.01. The molecule has 40 heavy (non-hydrogen) atoms. The summed E-state index contributed by atoms with van der Waals surface area (Å²) in [6.07, 6.45) is 3.45. The van der Waals surface area contributed by atoms with Crippen LogP contribution in [0.3, 0.4) is 0 Å². The lowest BCUT2D eigenvalue weighted by Crippen LogP contribution is -2.78. The average molecular weight is 551 g/mol. The van der Waals surface area contributed by atoms with Crippen molar-refractivity contribution in [2.45, 2.75) is 78.7 Å². The molecule has 1 aromatic rings. The van der Waals surface area contributed by atoms with Gasteiger partial charge in [-0.05, 0) is 77.1 Å². The molecule has 10 atom stereocenters. The summed E-state index contributed by atoms with van der Waals surface area (Å²) in [7, 11) is -1.01. The van der Waals surface area contributed by atoms with Crippen LogP contribution in [0.25, 0.3) is 0 Å². The van der Waals surface area contributed by atoms with Gasteiger partial charge in [0.05, 0.1) is 12.7 Å². The Morgan fingerprint density at radius 2 is 2.10 bits per heavy atom. The summed E-state index contributed by atoms with van der Waals surface area (Å²) < 4.78 is 11.7. The molecule has 6 aliphatic rings. The van der Waals surface area contributed by atoms with Gasteiger partial charge in [0, 0.05) is 35.4 Å². The second kappa shape index (κ2) is 9.41. The first-order valence-electron chi connectivity index (χ1n) is 14.9. The summed E-state index contributed by atoms with van der Waals surface area (Å²) in [6.45, 7) is 13.3. The molecule has 0 amide bonds. The number of fused-ring (bicyclic) bond motifs is 2. The molecule has 0 saturated heterocycles. The van der Waals surface area contributed by atoms with Crippen LogP contribution in [0, 0.1) is 45.8 Å². The second-order valence-corrected chi connectivity index (χ2v) is 13.7. The number of hydrogen-bond acceptors (Lipinski definition) is 8. The predicted molar refractivity (Wildman–Crippen MR) is 152 cm³/mol. The third-order valence-electron chi connectivity index (χ3n) is 12.3. The van der Waals surface area contributed by atoms with Gasteiger partial charge < -0.3 is 30.6 Å². The van der Waals surface area contributed by atoms with Gasteiger partial charge in [-0.1, -0.05) is 33.8 Å². The first kappa shape index (κ1) is 27.9. The fourth-order valence-corrected chi connectivity index (χ4v) is 9.95. The normalized spacial score (nSPS) is 43.2. The van der Waals surface area contributed by atoms with Crippen molar-refractivity contribution in [2.75, 3.05) is 11.9 Å². The van der Waals surface area contributed by atoms with E-state index in [1.807, 2.05) is 19.1 Å². The minimum Gasteiger partial charge on any atom is -0.460 e. The average Bonchev–Trinajstić information content (AvgIpc) is 3.31. The highest BCUT2D eigenvalue weighted by Gasteiger charge is 2.79. The lowest BCUT2D eigenvalue weighted by Gasteiger charge is -2.78. The Labute approximate surface area is 237 Å². The number of carbonyl (C=O) groups is 2. The lowest BCUT2D eigenvalue weighted by atomic mass is 9.25. The molecule has 0 radical (unpaired) electrons. The molecule has 1 spiro atoms. The number of ether oxygens (including phenoxy) is 1. The van der Waals surface area contributed by atoms with Crippen LogP contribution >= 0.6 is 0 Å². The van der Waals surface area contributed by atoms with E-state index in [1.165, 1.54) is 0 Å². The molecule has 1 aliphatic heterocycles. The predicted octanol–water partition coefficient (Wildman–Crippen LogP) is 2.54. The van der Waals surface area contributed by atoms with Gasteiger partial charge >= 0.3 is 13.1 Å². The number of aliphatic hydroxyl groups excluding tert-OH is 1. The quantitative estimate of drug-likeness (QED) is 0.242. The van der Waals surface area contributed by atoms with E-state index in [0.717, 1.165) is 24.0 Å². The Bertz CT molecular complexity index is 1260. The molecule has 8 nitrogen and oxygen atoms in total. The van der Waals surface area contributed by atoms with Gasteiger partial charge in [-0.15, -0.1) is 6.58 Å². The van der Waals surface area contributed by atoms with Crippen LogP contribution in [0.1, 0.15) is 64.5 Å². The number of benzene rings is 1. The maximum atomic E-state index is 13.5. The molecule has 5 aliphatic carbocycles. The van der Waals surface area contributed by atoms with E-state index in [2.05, 4.69) is 32.7 Å². The Hall–Kier alpha value is -2.20. The van der Waals surface area contributed by atoms with Crippen LogP contribution in [0.4, 0.5) is 5.69 Å². The van der Waals surface area contributed by atoms with Crippen molar-refractivity contribution >= 4 is 30.0 Å². The molecular weight excluding hydrogens is 507 g/mol. The van der Waals surface area contributed by atoms with Crippen LogP contribution in [0.2, 0.25) is 0 Å². The Morgan fingerprint density at radius 3 is 2.80 bits per heavy atom. The van der Waals surface area contributed by atoms with Crippen molar-refractivity contribution < 1.29 is 29.1 Å². The van der Waals surface area contributed by atoms with Crippen molar-refractivity contribution in [2.24, 2.45) is 51.6 Å². The molecule has 5 saturated carbocycles. The van der Waals surface area contributed by atoms with Crippen LogP contribution in [-0.2, 0) is 32.1 Å². The highest BCUT2D eigenvalue weighted by Crippen LogP contribution is 2.79. The van der Waals surface area contributed by atoms with Crippen molar-refractivity contribution in [1.82, 2.24) is 0 Å². The van der Waals surface area contributed by atoms with Gasteiger partial charge in [0.25, 0.3) is 0 Å². The number of carbonyl (C=O) groups excluding carboxylic acids is 2. The highest BCUT2D eigenvalue weighted by molar-refractivity contribution is 6.61. The molecule has 0 aromatic heterocycles. The van der Waals surface area contributed by atoms with Crippen molar-refractivity contribution in [3.05, 3.63) is 35.9 Å². The van der Waals surface area contributed by atoms with E-state index < -0.39 is 36.1 Å². The monoisotopic (exact) mass is 550 g/mol. The molecular formula is C31H43BN2O6. The van der Waals surface area contributed by atoms with Gasteiger partial charge in [0.1, 0.15) is 18.4 Å². The maximum Gasteiger partial charge on any atom is 0.491 e. The fraction of sp³-hybridized carbons (Fsp3) is 0.677. The topological polar surface area (TPSA) is 131 Å². The smallest absolute Gasteiger partial charge is 0.460 e. The van der Waals surface area contributed by atoms with Crippen molar-refractivity contribution in [1.29, 1.82) is 0 Å². The zero-order valence-corrected chi connectivity index (χ0v) is 24.1. The molecule has 5 fully saturated rings. The van der Waals surface area contributed by atoms with E-state index in [4.69, 9.17) is 15.1 Å². The number of anilines is 1. The number of nitrogens with one attached hydrogen (secondary N) is 1. The third-order valence-corrected chi connectivity index (χ3v) is 12.3. The Morgan fingerprint density at radius 1 is 1.35 bits per heavy atom. The zero-order valence-electron chi connectivity index (χ0n) is 24.1. The highest BCUT2D eigenvalue weighted by atomic mass is 16.5. The number of rotatable bonds is 6. The Balaban J connectivity index is 1.29. The maximum absolute atomic E-state index is 13.5. The number of esters is 1. The third kappa shape index (κ3) is 3.60. The van der Waals surface area contributed by atoms with E-state index in [0.29, 0.717) is 42.9 Å². The first-order chi connectivity index (χ1) is 18.9. The molecule has 1 unspecified atom stereocenters. The lowest BCUT2D eigenvalue weighted by molar-refractivity contribution is -0.321. The molecule has 5 N–H and O–H groups in total. The van der Waals surface area contributed by atoms with Gasteiger partial charge in [0.15, 0.2) is 0 Å². The second-order valence-electron chi connectivity index (χ2n) is 13.7. The number of ketones is 1. The van der Waals surface area contributed by atoms with Crippen LogP contribution in [-0.4, -0.2) is 47.8 Å². The number of hydrogen-bond donors (Lipinski definition) is 4. The number of nitrogens with two attached hydrogens (primary N) is 1.